The number of rotatable bonds is 4. The lowest BCUT2D eigenvalue weighted by Crippen LogP contribution is -2.13. The Morgan fingerprint density at radius 2 is 1.72 bits per heavy atom. The summed E-state index contributed by atoms with van der Waals surface area (Å²) in [5.41, 5.74) is -1.89. The molecule has 0 bridgehead atoms. The van der Waals surface area contributed by atoms with Gasteiger partial charge in [-0.3, -0.25) is 19.5 Å². The number of nitro groups is 1. The van der Waals surface area contributed by atoms with Crippen molar-refractivity contribution in [2.24, 2.45) is 0 Å². The first-order valence-corrected chi connectivity index (χ1v) is 8.11. The standard InChI is InChI=1S/C15H9NO8S/c17-14-10-6-2-4-8-12(10)23-15(24-25(20,21)22)13(14)9-5-1-3-7-11(9)16(18)19/h1-8H,(H,20,21,22). The Kier molecular flexibility index (Phi) is 3.99. The molecule has 0 aliphatic rings. The maximum Gasteiger partial charge on any atom is 0.449 e. The van der Waals surface area contributed by atoms with Crippen LogP contribution < -0.4 is 9.61 Å². The third-order valence-electron chi connectivity index (χ3n) is 3.32. The Morgan fingerprint density at radius 1 is 1.08 bits per heavy atom. The number of hydrogen-bond acceptors (Lipinski definition) is 7. The van der Waals surface area contributed by atoms with Crippen molar-refractivity contribution in [1.29, 1.82) is 0 Å². The molecule has 0 amide bonds. The number of nitro benzene ring substituents is 1. The van der Waals surface area contributed by atoms with Gasteiger partial charge in [-0.05, 0) is 18.2 Å². The van der Waals surface area contributed by atoms with E-state index in [9.17, 15) is 23.3 Å². The molecule has 0 saturated carbocycles. The van der Waals surface area contributed by atoms with Gasteiger partial charge in [-0.25, -0.2) is 0 Å². The van der Waals surface area contributed by atoms with Gasteiger partial charge in [-0.2, -0.15) is 8.42 Å². The molecule has 1 heterocycles. The van der Waals surface area contributed by atoms with Crippen molar-refractivity contribution in [2.45, 2.75) is 0 Å². The largest absolute Gasteiger partial charge is 0.449 e. The van der Waals surface area contributed by atoms with Gasteiger partial charge in [0.15, 0.2) is 0 Å². The molecular formula is C15H9NO8S. The van der Waals surface area contributed by atoms with Crippen LogP contribution in [0.1, 0.15) is 0 Å². The van der Waals surface area contributed by atoms with Crippen LogP contribution in [0.15, 0.2) is 57.7 Å². The predicted octanol–water partition coefficient (Wildman–Crippen LogP) is 2.55. The maximum atomic E-state index is 12.8. The van der Waals surface area contributed by atoms with Gasteiger partial charge in [0.2, 0.25) is 5.43 Å². The van der Waals surface area contributed by atoms with E-state index in [0.717, 1.165) is 6.07 Å². The normalized spacial score (nSPS) is 11.4. The maximum absolute atomic E-state index is 12.8. The van der Waals surface area contributed by atoms with Gasteiger partial charge in [0.05, 0.1) is 15.9 Å². The highest BCUT2D eigenvalue weighted by Crippen LogP contribution is 2.36. The van der Waals surface area contributed by atoms with Crippen molar-refractivity contribution in [3.05, 3.63) is 68.9 Å². The van der Waals surface area contributed by atoms with Crippen LogP contribution in [0, 0.1) is 10.1 Å². The van der Waals surface area contributed by atoms with E-state index in [-0.39, 0.29) is 16.5 Å². The summed E-state index contributed by atoms with van der Waals surface area (Å²) in [5.74, 6) is -0.861. The fraction of sp³-hybridized carbons (Fsp3) is 0. The van der Waals surface area contributed by atoms with E-state index in [0.29, 0.717) is 0 Å². The molecule has 3 aromatic rings. The van der Waals surface area contributed by atoms with Gasteiger partial charge >= 0.3 is 16.3 Å². The van der Waals surface area contributed by atoms with Crippen LogP contribution >= 0.6 is 0 Å². The fourth-order valence-electron chi connectivity index (χ4n) is 2.35. The van der Waals surface area contributed by atoms with Crippen LogP contribution in [-0.4, -0.2) is 17.9 Å². The average Bonchev–Trinajstić information content (AvgIpc) is 2.54. The molecule has 0 fully saturated rings. The van der Waals surface area contributed by atoms with Crippen LogP contribution in [0.3, 0.4) is 0 Å². The second-order valence-electron chi connectivity index (χ2n) is 4.88. The molecule has 9 nitrogen and oxygen atoms in total. The minimum atomic E-state index is -5.03. The predicted molar refractivity (Wildman–Crippen MR) is 86.8 cm³/mol. The van der Waals surface area contributed by atoms with E-state index < -0.39 is 37.9 Å². The van der Waals surface area contributed by atoms with E-state index >= 15 is 0 Å². The SMILES string of the molecule is O=c1c(-c2ccccc2[N+](=O)[O-])c(OS(=O)(=O)O)oc2ccccc12. The van der Waals surface area contributed by atoms with Crippen molar-refractivity contribution >= 4 is 27.1 Å². The Morgan fingerprint density at radius 3 is 2.40 bits per heavy atom. The Bertz CT molecular complexity index is 1150. The molecule has 128 valence electrons. The van der Waals surface area contributed by atoms with Gasteiger partial charge in [0, 0.05) is 6.07 Å². The molecule has 0 saturated heterocycles. The highest BCUT2D eigenvalue weighted by molar-refractivity contribution is 7.81. The molecule has 2 aromatic carbocycles. The Labute approximate surface area is 140 Å². The molecule has 0 spiro atoms. The van der Waals surface area contributed by atoms with E-state index in [1.807, 2.05) is 0 Å². The molecule has 1 N–H and O–H groups in total. The summed E-state index contributed by atoms with van der Waals surface area (Å²) in [5, 5.41) is 11.3. The topological polar surface area (TPSA) is 137 Å². The highest BCUT2D eigenvalue weighted by Gasteiger charge is 2.26. The highest BCUT2D eigenvalue weighted by atomic mass is 32.3. The third-order valence-corrected chi connectivity index (χ3v) is 3.68. The minimum Gasteiger partial charge on any atom is -0.424 e. The van der Waals surface area contributed by atoms with Crippen LogP contribution in [0.25, 0.3) is 22.1 Å². The molecule has 0 unspecified atom stereocenters. The summed E-state index contributed by atoms with van der Waals surface area (Å²) >= 11 is 0. The number of para-hydroxylation sites is 2. The first-order valence-electron chi connectivity index (χ1n) is 6.74. The van der Waals surface area contributed by atoms with Crippen molar-refractivity contribution in [1.82, 2.24) is 0 Å². The van der Waals surface area contributed by atoms with E-state index in [1.54, 1.807) is 6.07 Å². The first-order chi connectivity index (χ1) is 11.8. The zero-order chi connectivity index (χ0) is 18.2. The lowest BCUT2D eigenvalue weighted by Gasteiger charge is -2.09. The molecule has 25 heavy (non-hydrogen) atoms. The lowest BCUT2D eigenvalue weighted by molar-refractivity contribution is -0.384. The summed E-state index contributed by atoms with van der Waals surface area (Å²) in [6.07, 6.45) is 0. The summed E-state index contributed by atoms with van der Waals surface area (Å²) in [6.45, 7) is 0. The third kappa shape index (κ3) is 3.20. The van der Waals surface area contributed by atoms with Gasteiger partial charge < -0.3 is 8.60 Å². The smallest absolute Gasteiger partial charge is 0.424 e. The van der Waals surface area contributed by atoms with E-state index in [1.165, 1.54) is 36.4 Å². The van der Waals surface area contributed by atoms with Crippen LogP contribution in [0.4, 0.5) is 5.69 Å². The quantitative estimate of drug-likeness (QED) is 0.424. The van der Waals surface area contributed by atoms with Crippen molar-refractivity contribution in [3.63, 3.8) is 0 Å². The monoisotopic (exact) mass is 363 g/mol. The Balaban J connectivity index is 2.44. The molecule has 10 heteroatoms. The van der Waals surface area contributed by atoms with E-state index in [4.69, 9.17) is 8.97 Å². The first kappa shape index (κ1) is 16.6. The summed E-state index contributed by atoms with van der Waals surface area (Å²) in [7, 11) is -5.03. The fourth-order valence-corrected chi connectivity index (χ4v) is 2.66. The van der Waals surface area contributed by atoms with Crippen molar-refractivity contribution < 1.29 is 26.5 Å². The van der Waals surface area contributed by atoms with Gasteiger partial charge in [0.1, 0.15) is 11.1 Å². The van der Waals surface area contributed by atoms with E-state index in [2.05, 4.69) is 4.18 Å². The van der Waals surface area contributed by atoms with Crippen LogP contribution in [0.5, 0.6) is 5.95 Å². The van der Waals surface area contributed by atoms with Gasteiger partial charge in [0.25, 0.3) is 5.69 Å². The molecule has 3 rings (SSSR count). The zero-order valence-corrected chi connectivity index (χ0v) is 13.1. The summed E-state index contributed by atoms with van der Waals surface area (Å²) in [6, 6.07) is 11.1. The van der Waals surface area contributed by atoms with Crippen molar-refractivity contribution in [3.8, 4) is 17.1 Å². The Hall–Kier alpha value is -3.24. The average molecular weight is 363 g/mol. The summed E-state index contributed by atoms with van der Waals surface area (Å²) < 4.78 is 40.7. The molecule has 0 atom stereocenters. The lowest BCUT2D eigenvalue weighted by atomic mass is 10.0. The number of benzene rings is 2. The zero-order valence-electron chi connectivity index (χ0n) is 12.3. The minimum absolute atomic E-state index is 0.00603. The van der Waals surface area contributed by atoms with Gasteiger partial charge in [-0.15, -0.1) is 0 Å². The summed E-state index contributed by atoms with van der Waals surface area (Å²) in [4.78, 5) is 23.3. The molecule has 0 aliphatic heterocycles. The molecule has 0 aliphatic carbocycles. The second-order valence-corrected chi connectivity index (χ2v) is 5.90. The second kappa shape index (κ2) is 6.00. The van der Waals surface area contributed by atoms with Crippen LogP contribution in [-0.2, 0) is 10.4 Å². The molecule has 0 radical (unpaired) electrons. The molecule has 1 aromatic heterocycles. The molecular weight excluding hydrogens is 354 g/mol. The van der Waals surface area contributed by atoms with Crippen molar-refractivity contribution in [2.75, 3.05) is 0 Å². The van der Waals surface area contributed by atoms with Crippen LogP contribution in [0.2, 0.25) is 0 Å². The number of fused-ring (bicyclic) bond motifs is 1. The number of nitrogens with zero attached hydrogens (tertiary/aromatic N) is 1. The number of hydrogen-bond donors (Lipinski definition) is 1. The van der Waals surface area contributed by atoms with Gasteiger partial charge in [-0.1, -0.05) is 24.3 Å².